The van der Waals surface area contributed by atoms with Crippen molar-refractivity contribution in [2.45, 2.75) is 77.8 Å². The molecule has 2 heterocycles. The van der Waals surface area contributed by atoms with Crippen molar-refractivity contribution in [2.24, 2.45) is 11.8 Å². The average Bonchev–Trinajstić information content (AvgIpc) is 3.40. The Bertz CT molecular complexity index is 1140. The van der Waals surface area contributed by atoms with Gasteiger partial charge in [-0.15, -0.1) is 11.3 Å². The number of amides is 1. The van der Waals surface area contributed by atoms with Gasteiger partial charge in [0.15, 0.2) is 0 Å². The van der Waals surface area contributed by atoms with Crippen LogP contribution in [0, 0.1) is 11.8 Å². The fraction of sp³-hybridized carbons (Fsp3) is 0.538. The van der Waals surface area contributed by atoms with Crippen LogP contribution in [-0.2, 0) is 11.2 Å². The second-order valence-electron chi connectivity index (χ2n) is 9.97. The minimum atomic E-state index is -0.908. The number of fused-ring (bicyclic) bond motifs is 1. The summed E-state index contributed by atoms with van der Waals surface area (Å²) in [5.74, 6) is 0.712. The number of benzene rings is 1. The number of hydrogen-bond donors (Lipinski definition) is 2. The number of carboxylic acids is 1. The number of aliphatic carboxylic acids is 1. The van der Waals surface area contributed by atoms with Crippen LogP contribution >= 0.6 is 11.3 Å². The van der Waals surface area contributed by atoms with Crippen LogP contribution in [0.5, 0.6) is 0 Å². The number of nitrogens with one attached hydrogen (secondary N) is 1. The highest BCUT2D eigenvalue weighted by Crippen LogP contribution is 2.37. The van der Waals surface area contributed by atoms with Gasteiger partial charge in [0.05, 0.1) is 23.0 Å². The van der Waals surface area contributed by atoms with Crippen molar-refractivity contribution in [2.75, 3.05) is 0 Å². The predicted molar refractivity (Wildman–Crippen MR) is 134 cm³/mol. The van der Waals surface area contributed by atoms with E-state index in [1.165, 1.54) is 24.1 Å². The molecule has 1 aliphatic carbocycles. The van der Waals surface area contributed by atoms with E-state index in [0.717, 1.165) is 29.7 Å². The van der Waals surface area contributed by atoms with Crippen LogP contribution < -0.4 is 5.32 Å². The summed E-state index contributed by atoms with van der Waals surface area (Å²) in [6, 6.07) is 5.68. The van der Waals surface area contributed by atoms with Crippen LogP contribution in [0.3, 0.4) is 0 Å². The molecule has 4 rings (SSSR count). The van der Waals surface area contributed by atoms with Crippen molar-refractivity contribution in [3.63, 3.8) is 0 Å². The van der Waals surface area contributed by atoms with Crippen molar-refractivity contribution in [3.05, 3.63) is 46.2 Å². The zero-order chi connectivity index (χ0) is 24.2. The molecule has 7 nitrogen and oxygen atoms in total. The zero-order valence-corrected chi connectivity index (χ0v) is 21.0. The van der Waals surface area contributed by atoms with Crippen molar-refractivity contribution in [1.29, 1.82) is 0 Å². The smallest absolute Gasteiger partial charge is 0.305 e. The zero-order valence-electron chi connectivity index (χ0n) is 20.2. The maximum Gasteiger partial charge on any atom is 0.305 e. The molecule has 182 valence electrons. The number of thiazole rings is 1. The first-order chi connectivity index (χ1) is 16.3. The number of carbonyl (C=O) groups is 2. The lowest BCUT2D eigenvalue weighted by atomic mass is 9.85. The van der Waals surface area contributed by atoms with Crippen molar-refractivity contribution in [3.8, 4) is 0 Å². The molecular weight excluding hydrogens is 448 g/mol. The number of nitrogens with zero attached hydrogens (tertiary/aromatic N) is 3. The van der Waals surface area contributed by atoms with Gasteiger partial charge in [0.25, 0.3) is 5.91 Å². The molecule has 3 aromatic rings. The molecular formula is C26H34N4O3S. The first kappa shape index (κ1) is 24.4. The maximum absolute atomic E-state index is 13.0. The van der Waals surface area contributed by atoms with Crippen LogP contribution in [0.25, 0.3) is 11.0 Å². The lowest BCUT2D eigenvalue weighted by molar-refractivity contribution is -0.137. The molecule has 0 saturated heterocycles. The standard InChI is InChI=1S/C26H34N4O3S/c1-16(2)10-19(12-25(31)32)28-26(33)18-8-9-23-21(11-18)29-24(13-20-14-27-15-34-20)30(23)22-7-5-4-6-17(22)3/h8-9,11,14-17,19,22H,4-7,10,12-13H2,1-3H3,(H,28,33)(H,31,32)/t17-,19?,22-/m1/s1. The molecule has 2 N–H and O–H groups in total. The van der Waals surface area contributed by atoms with E-state index in [4.69, 9.17) is 4.98 Å². The van der Waals surface area contributed by atoms with Crippen molar-refractivity contribution in [1.82, 2.24) is 19.9 Å². The maximum atomic E-state index is 13.0. The molecule has 1 aliphatic rings. The first-order valence-electron chi connectivity index (χ1n) is 12.2. The van der Waals surface area contributed by atoms with E-state index in [9.17, 15) is 14.7 Å². The minimum absolute atomic E-state index is 0.0840. The Morgan fingerprint density at radius 1 is 1.26 bits per heavy atom. The molecule has 34 heavy (non-hydrogen) atoms. The normalized spacial score (nSPS) is 19.4. The van der Waals surface area contributed by atoms with Crippen molar-refractivity contribution < 1.29 is 14.7 Å². The van der Waals surface area contributed by atoms with Gasteiger partial charge in [-0.2, -0.15) is 0 Å². The highest BCUT2D eigenvalue weighted by molar-refractivity contribution is 7.09. The minimum Gasteiger partial charge on any atom is -0.481 e. The molecule has 8 heteroatoms. The fourth-order valence-corrected chi connectivity index (χ4v) is 5.78. The van der Waals surface area contributed by atoms with Gasteiger partial charge in [0, 0.05) is 35.1 Å². The Morgan fingerprint density at radius 3 is 2.74 bits per heavy atom. The molecule has 3 atom stereocenters. The van der Waals surface area contributed by atoms with Crippen LogP contribution in [0.15, 0.2) is 29.9 Å². The van der Waals surface area contributed by atoms with Gasteiger partial charge in [0.2, 0.25) is 0 Å². The molecule has 0 aliphatic heterocycles. The number of imidazole rings is 1. The number of rotatable bonds is 9. The van der Waals surface area contributed by atoms with E-state index < -0.39 is 12.0 Å². The molecule has 0 spiro atoms. The third-order valence-electron chi connectivity index (χ3n) is 6.75. The first-order valence-corrected chi connectivity index (χ1v) is 13.1. The Morgan fingerprint density at radius 2 is 2.06 bits per heavy atom. The Kier molecular flexibility index (Phi) is 7.66. The summed E-state index contributed by atoms with van der Waals surface area (Å²) in [5, 5.41) is 12.2. The summed E-state index contributed by atoms with van der Waals surface area (Å²) in [6.07, 6.45) is 7.99. The highest BCUT2D eigenvalue weighted by atomic mass is 32.1. The van der Waals surface area contributed by atoms with Gasteiger partial charge >= 0.3 is 5.97 Å². The van der Waals surface area contributed by atoms with E-state index in [-0.39, 0.29) is 18.2 Å². The van der Waals surface area contributed by atoms with Gasteiger partial charge in [-0.3, -0.25) is 14.6 Å². The van der Waals surface area contributed by atoms with Gasteiger partial charge in [-0.25, -0.2) is 4.98 Å². The van der Waals surface area contributed by atoms with Crippen LogP contribution in [0.4, 0.5) is 0 Å². The lowest BCUT2D eigenvalue weighted by Gasteiger charge is -2.31. The summed E-state index contributed by atoms with van der Waals surface area (Å²) in [5.41, 5.74) is 4.22. The summed E-state index contributed by atoms with van der Waals surface area (Å²) in [6.45, 7) is 6.37. The average molecular weight is 483 g/mol. The number of hydrogen-bond acceptors (Lipinski definition) is 5. The molecule has 2 aromatic heterocycles. The molecule has 1 amide bonds. The molecule has 1 unspecified atom stereocenters. The number of carboxylic acid groups (broad SMARTS) is 1. The SMILES string of the molecule is CC(C)CC(CC(=O)O)NC(=O)c1ccc2c(c1)nc(Cc1cncs1)n2[C@@H]1CCCC[C@H]1C. The third-order valence-corrected chi connectivity index (χ3v) is 7.53. The Labute approximate surface area is 204 Å². The van der Waals surface area contributed by atoms with Crippen molar-refractivity contribution >= 4 is 34.2 Å². The van der Waals surface area contributed by atoms with E-state index in [0.29, 0.717) is 23.9 Å². The Balaban J connectivity index is 1.66. The lowest BCUT2D eigenvalue weighted by Crippen LogP contribution is -2.37. The summed E-state index contributed by atoms with van der Waals surface area (Å²) in [7, 11) is 0. The van der Waals surface area contributed by atoms with Gasteiger partial charge in [-0.05, 0) is 49.3 Å². The van der Waals surface area contributed by atoms with E-state index in [2.05, 4.69) is 21.8 Å². The van der Waals surface area contributed by atoms with Crippen LogP contribution in [0.2, 0.25) is 0 Å². The van der Waals surface area contributed by atoms with E-state index in [1.807, 2.05) is 43.8 Å². The van der Waals surface area contributed by atoms with Crippen LogP contribution in [0.1, 0.15) is 86.4 Å². The second kappa shape index (κ2) is 10.7. The number of carbonyl (C=O) groups excluding carboxylic acids is 1. The number of aromatic nitrogens is 3. The van der Waals surface area contributed by atoms with Gasteiger partial charge in [0.1, 0.15) is 5.82 Å². The predicted octanol–water partition coefficient (Wildman–Crippen LogP) is 5.45. The van der Waals surface area contributed by atoms with Gasteiger partial charge in [-0.1, -0.05) is 33.6 Å². The quantitative estimate of drug-likeness (QED) is 0.422. The van der Waals surface area contributed by atoms with E-state index >= 15 is 0 Å². The molecule has 0 radical (unpaired) electrons. The van der Waals surface area contributed by atoms with E-state index in [1.54, 1.807) is 11.3 Å². The second-order valence-corrected chi connectivity index (χ2v) is 10.9. The monoisotopic (exact) mass is 482 g/mol. The molecule has 1 aromatic carbocycles. The largest absolute Gasteiger partial charge is 0.481 e. The molecule has 1 fully saturated rings. The fourth-order valence-electron chi connectivity index (χ4n) is 5.19. The Hall–Kier alpha value is -2.74. The molecule has 1 saturated carbocycles. The summed E-state index contributed by atoms with van der Waals surface area (Å²) < 4.78 is 2.40. The third kappa shape index (κ3) is 5.66. The van der Waals surface area contributed by atoms with Crippen LogP contribution in [-0.4, -0.2) is 37.6 Å². The summed E-state index contributed by atoms with van der Waals surface area (Å²) >= 11 is 1.63. The van der Waals surface area contributed by atoms with Gasteiger partial charge < -0.3 is 15.0 Å². The topological polar surface area (TPSA) is 97.1 Å². The highest BCUT2D eigenvalue weighted by Gasteiger charge is 2.27. The molecule has 0 bridgehead atoms. The summed E-state index contributed by atoms with van der Waals surface area (Å²) in [4.78, 5) is 34.7.